The van der Waals surface area contributed by atoms with Crippen LogP contribution in [0.15, 0.2) is 0 Å². The Kier molecular flexibility index (Phi) is 6.52. The van der Waals surface area contributed by atoms with E-state index in [1.54, 1.807) is 33.4 Å². The third kappa shape index (κ3) is 4.37. The fourth-order valence-electron chi connectivity index (χ4n) is 5.72. The van der Waals surface area contributed by atoms with Gasteiger partial charge in [0.2, 0.25) is 0 Å². The van der Waals surface area contributed by atoms with E-state index in [-0.39, 0.29) is 0 Å². The predicted octanol–water partition coefficient (Wildman–Crippen LogP) is 7.66. The summed E-state index contributed by atoms with van der Waals surface area (Å²) in [6.45, 7) is 14.5. The predicted molar refractivity (Wildman–Crippen MR) is 115 cm³/mol. The van der Waals surface area contributed by atoms with E-state index in [1.807, 2.05) is 0 Å². The van der Waals surface area contributed by atoms with Crippen LogP contribution in [0.4, 0.5) is 0 Å². The molecule has 0 radical (unpaired) electrons. The molecule has 0 saturated heterocycles. The summed E-state index contributed by atoms with van der Waals surface area (Å²) < 4.78 is 0. The maximum atomic E-state index is 2.43. The highest BCUT2D eigenvalue weighted by Gasteiger charge is 2.24. The van der Waals surface area contributed by atoms with Gasteiger partial charge in [0.25, 0.3) is 0 Å². The van der Waals surface area contributed by atoms with Crippen molar-refractivity contribution in [3.05, 3.63) is 33.4 Å². The summed E-state index contributed by atoms with van der Waals surface area (Å²) in [6, 6.07) is 0. The van der Waals surface area contributed by atoms with Crippen molar-refractivity contribution >= 4 is 0 Å². The molecule has 2 aliphatic carbocycles. The highest BCUT2D eigenvalue weighted by molar-refractivity contribution is 5.50. The zero-order chi connectivity index (χ0) is 18.8. The zero-order valence-corrected chi connectivity index (χ0v) is 18.4. The third-order valence-corrected chi connectivity index (χ3v) is 8.19. The summed E-state index contributed by atoms with van der Waals surface area (Å²) in [7, 11) is 0. The van der Waals surface area contributed by atoms with Gasteiger partial charge in [0, 0.05) is 0 Å². The van der Waals surface area contributed by atoms with Gasteiger partial charge >= 0.3 is 0 Å². The molecular weight excluding hydrogens is 312 g/mol. The monoisotopic (exact) mass is 354 g/mol. The van der Waals surface area contributed by atoms with Crippen LogP contribution in [0.1, 0.15) is 98.6 Å². The van der Waals surface area contributed by atoms with Crippen LogP contribution in [-0.2, 0) is 12.8 Å². The van der Waals surface area contributed by atoms with Gasteiger partial charge in [-0.1, -0.05) is 39.5 Å². The molecule has 2 fully saturated rings. The van der Waals surface area contributed by atoms with Gasteiger partial charge in [0.05, 0.1) is 0 Å². The second-order valence-electron chi connectivity index (χ2n) is 10.1. The summed E-state index contributed by atoms with van der Waals surface area (Å²) in [5, 5.41) is 0. The first-order valence-corrected chi connectivity index (χ1v) is 11.4. The smallest absolute Gasteiger partial charge is 0.0245 e. The topological polar surface area (TPSA) is 0 Å². The van der Waals surface area contributed by atoms with E-state index in [0.717, 1.165) is 23.7 Å². The minimum atomic E-state index is 0.924. The Bertz CT molecular complexity index is 523. The van der Waals surface area contributed by atoms with Gasteiger partial charge in [-0.15, -0.1) is 0 Å². The molecule has 0 amide bonds. The Morgan fingerprint density at radius 2 is 0.769 bits per heavy atom. The lowest BCUT2D eigenvalue weighted by atomic mass is 9.75. The molecule has 0 N–H and O–H groups in total. The Morgan fingerprint density at radius 3 is 1.04 bits per heavy atom. The molecule has 0 nitrogen and oxygen atoms in total. The van der Waals surface area contributed by atoms with Crippen LogP contribution in [0.25, 0.3) is 0 Å². The maximum absolute atomic E-state index is 2.43. The molecule has 3 rings (SSSR count). The number of benzene rings is 1. The van der Waals surface area contributed by atoms with E-state index in [1.165, 1.54) is 64.2 Å². The Balaban J connectivity index is 1.78. The second-order valence-corrected chi connectivity index (χ2v) is 10.1. The van der Waals surface area contributed by atoms with E-state index in [2.05, 4.69) is 41.5 Å². The molecule has 146 valence electrons. The average molecular weight is 355 g/mol. The lowest BCUT2D eigenvalue weighted by Gasteiger charge is -2.30. The van der Waals surface area contributed by atoms with E-state index in [9.17, 15) is 0 Å². The first-order valence-electron chi connectivity index (χ1n) is 11.4. The molecule has 0 atom stereocenters. The first kappa shape index (κ1) is 20.0. The molecule has 0 bridgehead atoms. The first-order chi connectivity index (χ1) is 12.4. The van der Waals surface area contributed by atoms with Gasteiger partial charge in [-0.25, -0.2) is 0 Å². The van der Waals surface area contributed by atoms with Crippen LogP contribution < -0.4 is 0 Å². The summed E-state index contributed by atoms with van der Waals surface area (Å²) >= 11 is 0. The summed E-state index contributed by atoms with van der Waals surface area (Å²) in [5.74, 6) is 3.76. The van der Waals surface area contributed by atoms with E-state index >= 15 is 0 Å². The van der Waals surface area contributed by atoms with Crippen LogP contribution in [-0.4, -0.2) is 0 Å². The molecule has 0 unspecified atom stereocenters. The molecular formula is C26H42. The van der Waals surface area contributed by atoms with Gasteiger partial charge in [-0.3, -0.25) is 0 Å². The minimum Gasteiger partial charge on any atom is -0.0625 e. The summed E-state index contributed by atoms with van der Waals surface area (Å²) in [4.78, 5) is 0. The molecule has 1 aromatic carbocycles. The second kappa shape index (κ2) is 8.49. The van der Waals surface area contributed by atoms with Crippen LogP contribution >= 0.6 is 0 Å². The SMILES string of the molecule is Cc1c(C)c(CC2CCC(C)CC2)c(C)c(C)c1CC1CCC(C)CC1. The van der Waals surface area contributed by atoms with E-state index in [0.29, 0.717) is 0 Å². The molecule has 2 aliphatic rings. The quantitative estimate of drug-likeness (QED) is 0.520. The van der Waals surface area contributed by atoms with Gasteiger partial charge < -0.3 is 0 Å². The Hall–Kier alpha value is -0.780. The molecule has 2 saturated carbocycles. The standard InChI is InChI=1S/C26H42/c1-17-7-11-23(12-8-17)15-25-19(3)21(5)26(22(6)20(25)4)16-24-13-9-18(2)10-14-24/h17-18,23-24H,7-16H2,1-6H3. The minimum absolute atomic E-state index is 0.924. The Labute approximate surface area is 163 Å². The van der Waals surface area contributed by atoms with Crippen LogP contribution in [0.5, 0.6) is 0 Å². The van der Waals surface area contributed by atoms with E-state index in [4.69, 9.17) is 0 Å². The summed E-state index contributed by atoms with van der Waals surface area (Å²) in [6.07, 6.45) is 14.2. The van der Waals surface area contributed by atoms with Crippen molar-refractivity contribution in [2.45, 2.75) is 106 Å². The van der Waals surface area contributed by atoms with Crippen LogP contribution in [0.3, 0.4) is 0 Å². The van der Waals surface area contributed by atoms with Crippen molar-refractivity contribution in [1.29, 1.82) is 0 Å². The van der Waals surface area contributed by atoms with Crippen molar-refractivity contribution in [1.82, 2.24) is 0 Å². The molecule has 26 heavy (non-hydrogen) atoms. The fourth-order valence-corrected chi connectivity index (χ4v) is 5.72. The maximum Gasteiger partial charge on any atom is -0.0245 e. The number of rotatable bonds is 4. The van der Waals surface area contributed by atoms with Crippen LogP contribution in [0, 0.1) is 51.4 Å². The molecule has 0 heteroatoms. The number of hydrogen-bond donors (Lipinski definition) is 0. The molecule has 0 spiro atoms. The van der Waals surface area contributed by atoms with Gasteiger partial charge in [-0.05, 0) is 123 Å². The van der Waals surface area contributed by atoms with Crippen molar-refractivity contribution in [2.24, 2.45) is 23.7 Å². The largest absolute Gasteiger partial charge is 0.0625 e. The lowest BCUT2D eigenvalue weighted by Crippen LogP contribution is -2.18. The molecule has 0 aromatic heterocycles. The molecule has 0 heterocycles. The highest BCUT2D eigenvalue weighted by atomic mass is 14.3. The third-order valence-electron chi connectivity index (χ3n) is 8.19. The van der Waals surface area contributed by atoms with Crippen molar-refractivity contribution in [3.63, 3.8) is 0 Å². The normalized spacial score (nSPS) is 29.8. The van der Waals surface area contributed by atoms with E-state index < -0.39 is 0 Å². The van der Waals surface area contributed by atoms with Crippen molar-refractivity contribution in [2.75, 3.05) is 0 Å². The number of hydrogen-bond acceptors (Lipinski definition) is 0. The lowest BCUT2D eigenvalue weighted by molar-refractivity contribution is 0.287. The van der Waals surface area contributed by atoms with Crippen molar-refractivity contribution < 1.29 is 0 Å². The van der Waals surface area contributed by atoms with Crippen LogP contribution in [0.2, 0.25) is 0 Å². The summed E-state index contributed by atoms with van der Waals surface area (Å²) in [5.41, 5.74) is 9.86. The molecule has 1 aromatic rings. The average Bonchev–Trinajstić information content (AvgIpc) is 2.64. The molecule has 0 aliphatic heterocycles. The van der Waals surface area contributed by atoms with Gasteiger partial charge in [0.1, 0.15) is 0 Å². The van der Waals surface area contributed by atoms with Gasteiger partial charge in [-0.2, -0.15) is 0 Å². The van der Waals surface area contributed by atoms with Crippen molar-refractivity contribution in [3.8, 4) is 0 Å². The zero-order valence-electron chi connectivity index (χ0n) is 18.4. The highest BCUT2D eigenvalue weighted by Crippen LogP contribution is 2.37. The fraction of sp³-hybridized carbons (Fsp3) is 0.769. The van der Waals surface area contributed by atoms with Gasteiger partial charge in [0.15, 0.2) is 0 Å². The Morgan fingerprint density at radius 1 is 0.500 bits per heavy atom.